The first-order chi connectivity index (χ1) is 12.6. The fourth-order valence-electron chi connectivity index (χ4n) is 3.00. The number of thioether (sulfide) groups is 1. The van der Waals surface area contributed by atoms with Crippen LogP contribution in [-0.2, 0) is 15.8 Å². The summed E-state index contributed by atoms with van der Waals surface area (Å²) in [5.74, 6) is -0.225. The third-order valence-corrected chi connectivity index (χ3v) is 5.20. The molecule has 0 spiro atoms. The normalized spacial score (nSPS) is 20.4. The SMILES string of the molecule is CC(C)NC(=O)C1CCCC(NC(=O)CSc2ccc(C(F)(F)F)cn2)C1. The van der Waals surface area contributed by atoms with Crippen LogP contribution in [-0.4, -0.2) is 34.6 Å². The van der Waals surface area contributed by atoms with Gasteiger partial charge in [0.05, 0.1) is 16.3 Å². The molecular formula is C18H24F3N3O2S. The summed E-state index contributed by atoms with van der Waals surface area (Å²) in [4.78, 5) is 28.0. The number of amides is 2. The molecule has 1 saturated carbocycles. The number of halogens is 3. The Kier molecular flexibility index (Phi) is 7.52. The van der Waals surface area contributed by atoms with E-state index in [1.807, 2.05) is 13.8 Å². The van der Waals surface area contributed by atoms with Crippen LogP contribution in [0.2, 0.25) is 0 Å². The van der Waals surface area contributed by atoms with Crippen LogP contribution in [0.5, 0.6) is 0 Å². The van der Waals surface area contributed by atoms with Crippen LogP contribution in [0.1, 0.15) is 45.1 Å². The van der Waals surface area contributed by atoms with Crippen molar-refractivity contribution in [3.8, 4) is 0 Å². The molecule has 1 aromatic heterocycles. The van der Waals surface area contributed by atoms with Crippen molar-refractivity contribution in [1.29, 1.82) is 0 Å². The molecule has 0 radical (unpaired) electrons. The summed E-state index contributed by atoms with van der Waals surface area (Å²) in [5, 5.41) is 6.18. The number of hydrogen-bond donors (Lipinski definition) is 2. The minimum absolute atomic E-state index is 0.0206. The molecule has 1 aliphatic rings. The highest BCUT2D eigenvalue weighted by molar-refractivity contribution is 7.99. The van der Waals surface area contributed by atoms with Crippen molar-refractivity contribution in [3.05, 3.63) is 23.9 Å². The summed E-state index contributed by atoms with van der Waals surface area (Å²) in [7, 11) is 0. The van der Waals surface area contributed by atoms with Gasteiger partial charge in [-0.25, -0.2) is 4.98 Å². The Balaban J connectivity index is 1.79. The molecule has 1 heterocycles. The van der Waals surface area contributed by atoms with Crippen molar-refractivity contribution in [3.63, 3.8) is 0 Å². The Labute approximate surface area is 160 Å². The zero-order chi connectivity index (χ0) is 20.0. The molecule has 2 unspecified atom stereocenters. The molecule has 9 heteroatoms. The number of rotatable bonds is 6. The molecule has 0 bridgehead atoms. The molecule has 0 saturated heterocycles. The average Bonchev–Trinajstić information content (AvgIpc) is 2.59. The van der Waals surface area contributed by atoms with Crippen LogP contribution in [0.15, 0.2) is 23.4 Å². The van der Waals surface area contributed by atoms with Gasteiger partial charge < -0.3 is 10.6 Å². The molecule has 0 aromatic carbocycles. The lowest BCUT2D eigenvalue weighted by atomic mass is 9.85. The molecule has 1 aliphatic carbocycles. The van der Waals surface area contributed by atoms with E-state index in [9.17, 15) is 22.8 Å². The molecule has 1 aromatic rings. The first kappa shape index (κ1) is 21.5. The molecule has 1 fully saturated rings. The minimum atomic E-state index is -4.42. The maximum Gasteiger partial charge on any atom is 0.417 e. The van der Waals surface area contributed by atoms with Gasteiger partial charge in [-0.1, -0.05) is 18.2 Å². The average molecular weight is 403 g/mol. The Morgan fingerprint density at radius 1 is 1.30 bits per heavy atom. The molecule has 2 amide bonds. The third kappa shape index (κ3) is 7.04. The van der Waals surface area contributed by atoms with Gasteiger partial charge in [0.15, 0.2) is 0 Å². The number of nitrogens with zero attached hydrogens (tertiary/aromatic N) is 1. The summed E-state index contributed by atoms with van der Waals surface area (Å²) in [6, 6.07) is 2.23. The zero-order valence-electron chi connectivity index (χ0n) is 15.3. The maximum absolute atomic E-state index is 12.5. The Bertz CT molecular complexity index is 650. The van der Waals surface area contributed by atoms with Crippen LogP contribution in [0, 0.1) is 5.92 Å². The second kappa shape index (κ2) is 9.43. The molecule has 150 valence electrons. The van der Waals surface area contributed by atoms with E-state index in [1.165, 1.54) is 6.07 Å². The number of alkyl halides is 3. The lowest BCUT2D eigenvalue weighted by Crippen LogP contribution is -2.44. The van der Waals surface area contributed by atoms with Gasteiger partial charge in [0, 0.05) is 24.2 Å². The monoisotopic (exact) mass is 403 g/mol. The molecule has 2 atom stereocenters. The molecule has 2 N–H and O–H groups in total. The topological polar surface area (TPSA) is 71.1 Å². The Morgan fingerprint density at radius 3 is 2.63 bits per heavy atom. The van der Waals surface area contributed by atoms with Gasteiger partial charge in [-0.15, -0.1) is 0 Å². The largest absolute Gasteiger partial charge is 0.417 e. The van der Waals surface area contributed by atoms with Crippen molar-refractivity contribution in [2.75, 3.05) is 5.75 Å². The predicted molar refractivity (Wildman–Crippen MR) is 97.1 cm³/mol. The molecule has 2 rings (SSSR count). The van der Waals surface area contributed by atoms with Crippen molar-refractivity contribution >= 4 is 23.6 Å². The standard InChI is InChI=1S/C18H24F3N3O2S/c1-11(2)23-17(26)12-4-3-5-14(8-12)24-15(25)10-27-16-7-6-13(9-22-16)18(19,20)21/h6-7,9,11-12,14H,3-5,8,10H2,1-2H3,(H,23,26)(H,24,25). The van der Waals surface area contributed by atoms with E-state index in [1.54, 1.807) is 0 Å². The number of carbonyl (C=O) groups is 2. The fourth-order valence-corrected chi connectivity index (χ4v) is 3.66. The number of pyridine rings is 1. The third-order valence-electron chi connectivity index (χ3n) is 4.26. The van der Waals surface area contributed by atoms with Gasteiger partial charge in [0.25, 0.3) is 0 Å². The van der Waals surface area contributed by atoms with Crippen LogP contribution in [0.4, 0.5) is 13.2 Å². The lowest BCUT2D eigenvalue weighted by Gasteiger charge is -2.29. The van der Waals surface area contributed by atoms with Crippen molar-refractivity contribution < 1.29 is 22.8 Å². The van der Waals surface area contributed by atoms with Crippen molar-refractivity contribution in [1.82, 2.24) is 15.6 Å². The summed E-state index contributed by atoms with van der Waals surface area (Å²) in [5.41, 5.74) is -0.816. The summed E-state index contributed by atoms with van der Waals surface area (Å²) < 4.78 is 37.5. The van der Waals surface area contributed by atoms with Crippen molar-refractivity contribution in [2.45, 2.75) is 62.8 Å². The van der Waals surface area contributed by atoms with E-state index in [0.29, 0.717) is 11.4 Å². The number of aromatic nitrogens is 1. The van der Waals surface area contributed by atoms with E-state index in [2.05, 4.69) is 15.6 Å². The minimum Gasteiger partial charge on any atom is -0.354 e. The maximum atomic E-state index is 12.5. The van der Waals surface area contributed by atoms with Gasteiger partial charge in [0.2, 0.25) is 11.8 Å². The smallest absolute Gasteiger partial charge is 0.354 e. The van der Waals surface area contributed by atoms with Crippen LogP contribution >= 0.6 is 11.8 Å². The zero-order valence-corrected chi connectivity index (χ0v) is 16.1. The van der Waals surface area contributed by atoms with Crippen LogP contribution < -0.4 is 10.6 Å². The first-order valence-electron chi connectivity index (χ1n) is 8.91. The van der Waals surface area contributed by atoms with E-state index < -0.39 is 11.7 Å². The highest BCUT2D eigenvalue weighted by atomic mass is 32.2. The summed E-state index contributed by atoms with van der Waals surface area (Å²) in [6.45, 7) is 3.82. The highest BCUT2D eigenvalue weighted by Gasteiger charge is 2.31. The van der Waals surface area contributed by atoms with E-state index >= 15 is 0 Å². The van der Waals surface area contributed by atoms with E-state index in [-0.39, 0.29) is 35.6 Å². The predicted octanol–water partition coefficient (Wildman–Crippen LogP) is 3.39. The van der Waals surface area contributed by atoms with Crippen LogP contribution in [0.25, 0.3) is 0 Å². The van der Waals surface area contributed by atoms with Gasteiger partial charge in [0.1, 0.15) is 0 Å². The second-order valence-electron chi connectivity index (χ2n) is 6.96. The van der Waals surface area contributed by atoms with Gasteiger partial charge in [-0.3, -0.25) is 9.59 Å². The van der Waals surface area contributed by atoms with Crippen LogP contribution in [0.3, 0.4) is 0 Å². The van der Waals surface area contributed by atoms with Crippen molar-refractivity contribution in [2.24, 2.45) is 5.92 Å². The molecule has 27 heavy (non-hydrogen) atoms. The molecular weight excluding hydrogens is 379 g/mol. The lowest BCUT2D eigenvalue weighted by molar-refractivity contribution is -0.138. The van der Waals surface area contributed by atoms with E-state index in [4.69, 9.17) is 0 Å². The van der Waals surface area contributed by atoms with Gasteiger partial charge in [-0.2, -0.15) is 13.2 Å². The molecule has 0 aliphatic heterocycles. The number of nitrogens with one attached hydrogen (secondary N) is 2. The molecule has 5 nitrogen and oxygen atoms in total. The number of hydrogen-bond acceptors (Lipinski definition) is 4. The Hall–Kier alpha value is -1.77. The Morgan fingerprint density at radius 2 is 2.04 bits per heavy atom. The second-order valence-corrected chi connectivity index (χ2v) is 7.96. The van der Waals surface area contributed by atoms with Gasteiger partial charge in [-0.05, 0) is 45.2 Å². The number of carbonyl (C=O) groups excluding carboxylic acids is 2. The highest BCUT2D eigenvalue weighted by Crippen LogP contribution is 2.29. The van der Waals surface area contributed by atoms with Gasteiger partial charge >= 0.3 is 6.18 Å². The van der Waals surface area contributed by atoms with E-state index in [0.717, 1.165) is 43.3 Å². The first-order valence-corrected chi connectivity index (χ1v) is 9.89. The summed E-state index contributed by atoms with van der Waals surface area (Å²) in [6.07, 6.45) is -0.552. The summed E-state index contributed by atoms with van der Waals surface area (Å²) >= 11 is 1.08. The quantitative estimate of drug-likeness (QED) is 0.715. The fraction of sp³-hybridized carbons (Fsp3) is 0.611.